The Bertz CT molecular complexity index is 1180. The van der Waals surface area contributed by atoms with Crippen molar-refractivity contribution in [2.45, 2.75) is 44.9 Å². The fourth-order valence-electron chi connectivity index (χ4n) is 4.96. The largest absolute Gasteiger partial charge is 0.380 e. The highest BCUT2D eigenvalue weighted by atomic mass is 16.5. The number of fused-ring (bicyclic) bond motifs is 1. The van der Waals surface area contributed by atoms with Crippen molar-refractivity contribution in [3.63, 3.8) is 0 Å². The Labute approximate surface area is 206 Å². The van der Waals surface area contributed by atoms with Crippen molar-refractivity contribution < 1.29 is 9.53 Å². The van der Waals surface area contributed by atoms with E-state index in [4.69, 9.17) is 10.5 Å². The molecule has 4 rings (SSSR count). The van der Waals surface area contributed by atoms with Crippen molar-refractivity contribution in [3.05, 3.63) is 81.6 Å². The number of nitrogens with one attached hydrogen (secondary N) is 1. The van der Waals surface area contributed by atoms with E-state index >= 15 is 0 Å². The number of carbonyl (C=O) groups is 1. The van der Waals surface area contributed by atoms with Gasteiger partial charge in [-0.1, -0.05) is 42.5 Å². The Morgan fingerprint density at radius 2 is 1.83 bits per heavy atom. The zero-order chi connectivity index (χ0) is 24.6. The van der Waals surface area contributed by atoms with Crippen LogP contribution in [0.5, 0.6) is 0 Å². The van der Waals surface area contributed by atoms with Crippen molar-refractivity contribution in [3.8, 4) is 0 Å². The van der Waals surface area contributed by atoms with Crippen molar-refractivity contribution >= 4 is 16.8 Å². The van der Waals surface area contributed by atoms with Gasteiger partial charge >= 0.3 is 0 Å². The zero-order valence-corrected chi connectivity index (χ0v) is 20.5. The second-order valence-corrected chi connectivity index (χ2v) is 9.36. The van der Waals surface area contributed by atoms with Gasteiger partial charge in [0.1, 0.15) is 0 Å². The maximum Gasteiger partial charge on any atom is 0.251 e. The molecule has 0 saturated carbocycles. The average molecular weight is 477 g/mol. The third kappa shape index (κ3) is 6.57. The molecule has 2 aromatic carbocycles. The number of benzene rings is 2. The first kappa shape index (κ1) is 25.1. The van der Waals surface area contributed by atoms with E-state index in [1.807, 2.05) is 18.2 Å². The number of piperidine rings is 1. The number of aromatic nitrogens is 1. The van der Waals surface area contributed by atoms with Crippen LogP contribution in [0.3, 0.4) is 0 Å². The normalized spacial score (nSPS) is 15.0. The fourth-order valence-corrected chi connectivity index (χ4v) is 4.96. The van der Waals surface area contributed by atoms with Crippen LogP contribution in [0.25, 0.3) is 10.9 Å². The molecule has 7 nitrogen and oxygen atoms in total. The molecule has 2 heterocycles. The SMILES string of the molecule is COCc1ccc2c(C(N)=O)cc(=O)n(CCN3CCC(NCCCc4ccccc4)CC3)c2c1. The van der Waals surface area contributed by atoms with Crippen molar-refractivity contribution in [2.24, 2.45) is 5.73 Å². The second-order valence-electron chi connectivity index (χ2n) is 9.36. The Morgan fingerprint density at radius 3 is 2.54 bits per heavy atom. The lowest BCUT2D eigenvalue weighted by molar-refractivity contribution is 0.100. The lowest BCUT2D eigenvalue weighted by Gasteiger charge is -2.32. The fraction of sp³-hybridized carbons (Fsp3) is 0.429. The zero-order valence-electron chi connectivity index (χ0n) is 20.5. The molecular formula is C28H36N4O3. The summed E-state index contributed by atoms with van der Waals surface area (Å²) in [5, 5.41) is 4.42. The molecule has 0 atom stereocenters. The summed E-state index contributed by atoms with van der Waals surface area (Å²) in [4.78, 5) is 27.2. The Morgan fingerprint density at radius 1 is 1.06 bits per heavy atom. The molecule has 7 heteroatoms. The lowest BCUT2D eigenvalue weighted by atomic mass is 10.0. The van der Waals surface area contributed by atoms with Gasteiger partial charge in [0.25, 0.3) is 5.56 Å². The highest BCUT2D eigenvalue weighted by Gasteiger charge is 2.19. The summed E-state index contributed by atoms with van der Waals surface area (Å²) in [5.74, 6) is -0.586. The van der Waals surface area contributed by atoms with Crippen LogP contribution in [-0.4, -0.2) is 54.7 Å². The van der Waals surface area contributed by atoms with Gasteiger partial charge in [-0.25, -0.2) is 0 Å². The number of aryl methyl sites for hydroxylation is 1. The average Bonchev–Trinajstić information content (AvgIpc) is 2.87. The van der Waals surface area contributed by atoms with Crippen LogP contribution >= 0.6 is 0 Å². The van der Waals surface area contributed by atoms with E-state index in [2.05, 4.69) is 40.5 Å². The molecule has 0 spiro atoms. The molecule has 0 aliphatic carbocycles. The maximum absolute atomic E-state index is 12.9. The molecule has 1 amide bonds. The van der Waals surface area contributed by atoms with Crippen LogP contribution in [0.15, 0.2) is 59.4 Å². The predicted molar refractivity (Wildman–Crippen MR) is 140 cm³/mol. The van der Waals surface area contributed by atoms with Gasteiger partial charge in [-0.05, 0) is 62.5 Å². The van der Waals surface area contributed by atoms with E-state index in [0.29, 0.717) is 24.6 Å². The molecule has 0 unspecified atom stereocenters. The minimum atomic E-state index is -0.586. The molecule has 1 saturated heterocycles. The number of pyridine rings is 1. The Kier molecular flexibility index (Phi) is 8.69. The first-order chi connectivity index (χ1) is 17.0. The smallest absolute Gasteiger partial charge is 0.251 e. The van der Waals surface area contributed by atoms with Gasteiger partial charge in [-0.15, -0.1) is 0 Å². The number of hydrogen-bond donors (Lipinski definition) is 2. The molecule has 3 N–H and O–H groups in total. The van der Waals surface area contributed by atoms with Crippen LogP contribution in [0.4, 0.5) is 0 Å². The summed E-state index contributed by atoms with van der Waals surface area (Å²) in [7, 11) is 1.64. The number of amides is 1. The molecule has 35 heavy (non-hydrogen) atoms. The van der Waals surface area contributed by atoms with Gasteiger partial charge < -0.3 is 25.3 Å². The van der Waals surface area contributed by atoms with E-state index in [0.717, 1.165) is 62.9 Å². The first-order valence-electron chi connectivity index (χ1n) is 12.5. The van der Waals surface area contributed by atoms with Crippen molar-refractivity contribution in [1.82, 2.24) is 14.8 Å². The van der Waals surface area contributed by atoms with Crippen LogP contribution < -0.4 is 16.6 Å². The summed E-state index contributed by atoms with van der Waals surface area (Å²) in [6.07, 6.45) is 4.47. The van der Waals surface area contributed by atoms with Gasteiger partial charge in [0.15, 0.2) is 0 Å². The number of rotatable bonds is 11. The maximum atomic E-state index is 12.9. The molecule has 0 bridgehead atoms. The molecule has 186 valence electrons. The van der Waals surface area contributed by atoms with Crippen molar-refractivity contribution in [1.29, 1.82) is 0 Å². The van der Waals surface area contributed by atoms with E-state index in [1.165, 1.54) is 11.6 Å². The number of primary amides is 1. The highest BCUT2D eigenvalue weighted by Crippen LogP contribution is 2.20. The molecule has 1 fully saturated rings. The standard InChI is InChI=1S/C28H36N4O3/c1-35-20-22-9-10-24-25(28(29)34)19-27(33)32(26(24)18-22)17-16-31-14-11-23(12-15-31)30-13-5-8-21-6-3-2-4-7-21/h2-4,6-7,9-10,18-19,23,30H,5,8,11-17,20H2,1H3,(H2,29,34). The summed E-state index contributed by atoms with van der Waals surface area (Å²) >= 11 is 0. The first-order valence-corrected chi connectivity index (χ1v) is 12.5. The Hall–Kier alpha value is -3.00. The molecular weight excluding hydrogens is 440 g/mol. The van der Waals surface area contributed by atoms with Gasteiger partial charge in [0.05, 0.1) is 17.7 Å². The quantitative estimate of drug-likeness (QED) is 0.416. The summed E-state index contributed by atoms with van der Waals surface area (Å²) < 4.78 is 7.01. The number of methoxy groups -OCH3 is 1. The summed E-state index contributed by atoms with van der Waals surface area (Å²) in [6.45, 7) is 4.86. The van der Waals surface area contributed by atoms with Gasteiger partial charge in [0, 0.05) is 37.7 Å². The number of nitrogens with zero attached hydrogens (tertiary/aromatic N) is 2. The van der Waals surface area contributed by atoms with Crippen molar-refractivity contribution in [2.75, 3.05) is 33.3 Å². The highest BCUT2D eigenvalue weighted by molar-refractivity contribution is 6.05. The van der Waals surface area contributed by atoms with Gasteiger partial charge in [0.2, 0.25) is 5.91 Å². The number of ether oxygens (including phenoxy) is 1. The number of nitrogens with two attached hydrogens (primary N) is 1. The molecule has 3 aromatic rings. The van der Waals surface area contributed by atoms with Gasteiger partial charge in [-0.3, -0.25) is 9.59 Å². The molecule has 1 aliphatic rings. The van der Waals surface area contributed by atoms with Crippen LogP contribution in [0, 0.1) is 0 Å². The van der Waals surface area contributed by atoms with E-state index in [9.17, 15) is 9.59 Å². The van der Waals surface area contributed by atoms with E-state index in [1.54, 1.807) is 11.7 Å². The lowest BCUT2D eigenvalue weighted by Crippen LogP contribution is -2.44. The third-order valence-corrected chi connectivity index (χ3v) is 6.90. The predicted octanol–water partition coefficient (Wildman–Crippen LogP) is 2.93. The number of likely N-dealkylation sites (tertiary alicyclic amines) is 1. The van der Waals surface area contributed by atoms with E-state index in [-0.39, 0.29) is 11.1 Å². The van der Waals surface area contributed by atoms with Crippen LogP contribution in [0.1, 0.15) is 40.7 Å². The Balaban J connectivity index is 1.32. The second kappa shape index (κ2) is 12.1. The third-order valence-electron chi connectivity index (χ3n) is 6.90. The van der Waals surface area contributed by atoms with Crippen LogP contribution in [-0.2, 0) is 24.3 Å². The topological polar surface area (TPSA) is 89.6 Å². The number of carbonyl (C=O) groups excluding carboxylic acids is 1. The molecule has 1 aromatic heterocycles. The van der Waals surface area contributed by atoms with E-state index < -0.39 is 5.91 Å². The van der Waals surface area contributed by atoms with Crippen LogP contribution in [0.2, 0.25) is 0 Å². The minimum Gasteiger partial charge on any atom is -0.380 e. The van der Waals surface area contributed by atoms with Gasteiger partial charge in [-0.2, -0.15) is 0 Å². The summed E-state index contributed by atoms with van der Waals surface area (Å²) in [6, 6.07) is 18.2. The molecule has 1 aliphatic heterocycles. The molecule has 0 radical (unpaired) electrons. The summed E-state index contributed by atoms with van der Waals surface area (Å²) in [5.41, 5.74) is 8.69. The minimum absolute atomic E-state index is 0.198. The monoisotopic (exact) mass is 476 g/mol. The number of hydrogen-bond acceptors (Lipinski definition) is 5.